The van der Waals surface area contributed by atoms with Gasteiger partial charge in [-0.3, -0.25) is 4.79 Å². The molecule has 1 amide bonds. The first-order chi connectivity index (χ1) is 13.2. The number of rotatable bonds is 5. The SMILES string of the molecule is CN(CC1COc2ccccc2O1)C(=O)c1cccnc1SC1CCCC1. The fourth-order valence-electron chi connectivity index (χ4n) is 3.56. The van der Waals surface area contributed by atoms with Gasteiger partial charge in [0, 0.05) is 18.5 Å². The molecule has 1 unspecified atom stereocenters. The minimum atomic E-state index is -0.184. The number of para-hydroxylation sites is 2. The average Bonchev–Trinajstić information content (AvgIpc) is 3.21. The molecule has 4 rings (SSSR count). The van der Waals surface area contributed by atoms with E-state index < -0.39 is 0 Å². The zero-order valence-corrected chi connectivity index (χ0v) is 16.3. The first-order valence-electron chi connectivity index (χ1n) is 9.46. The Bertz CT molecular complexity index is 808. The Hall–Kier alpha value is -2.21. The van der Waals surface area contributed by atoms with Gasteiger partial charge in [0.15, 0.2) is 17.6 Å². The number of carbonyl (C=O) groups is 1. The Morgan fingerprint density at radius 2 is 1.96 bits per heavy atom. The molecular formula is C21H24N2O3S. The first-order valence-corrected chi connectivity index (χ1v) is 10.3. The van der Waals surface area contributed by atoms with E-state index >= 15 is 0 Å². The lowest BCUT2D eigenvalue weighted by molar-refractivity contribution is 0.0518. The Kier molecular flexibility index (Phi) is 5.53. The number of fused-ring (bicyclic) bond motifs is 1. The van der Waals surface area contributed by atoms with Gasteiger partial charge in [-0.2, -0.15) is 0 Å². The van der Waals surface area contributed by atoms with Crippen molar-refractivity contribution in [2.45, 2.75) is 42.1 Å². The molecule has 1 aromatic carbocycles. The number of hydrogen-bond donors (Lipinski definition) is 0. The number of benzene rings is 1. The fourth-order valence-corrected chi connectivity index (χ4v) is 4.85. The molecule has 6 heteroatoms. The van der Waals surface area contributed by atoms with Crippen LogP contribution in [0.5, 0.6) is 11.5 Å². The van der Waals surface area contributed by atoms with Gasteiger partial charge in [-0.15, -0.1) is 11.8 Å². The highest BCUT2D eigenvalue weighted by molar-refractivity contribution is 7.99. The third-order valence-corrected chi connectivity index (χ3v) is 6.33. The third kappa shape index (κ3) is 4.21. The zero-order chi connectivity index (χ0) is 18.6. The maximum atomic E-state index is 13.0. The van der Waals surface area contributed by atoms with Gasteiger partial charge in [0.1, 0.15) is 11.6 Å². The molecule has 2 aromatic rings. The summed E-state index contributed by atoms with van der Waals surface area (Å²) in [5.74, 6) is 1.46. The van der Waals surface area contributed by atoms with Crippen molar-refractivity contribution in [3.05, 3.63) is 48.2 Å². The predicted molar refractivity (Wildman–Crippen MR) is 106 cm³/mol. The summed E-state index contributed by atoms with van der Waals surface area (Å²) in [4.78, 5) is 19.2. The average molecular weight is 385 g/mol. The summed E-state index contributed by atoms with van der Waals surface area (Å²) in [6.45, 7) is 0.904. The predicted octanol–water partition coefficient (Wildman–Crippen LogP) is 4.03. The summed E-state index contributed by atoms with van der Waals surface area (Å²) in [5, 5.41) is 1.41. The molecule has 5 nitrogen and oxygen atoms in total. The van der Waals surface area contributed by atoms with Crippen LogP contribution in [-0.4, -0.2) is 47.3 Å². The highest BCUT2D eigenvalue weighted by Gasteiger charge is 2.26. The lowest BCUT2D eigenvalue weighted by Crippen LogP contribution is -2.42. The van der Waals surface area contributed by atoms with E-state index in [1.165, 1.54) is 25.7 Å². The Balaban J connectivity index is 1.42. The highest BCUT2D eigenvalue weighted by atomic mass is 32.2. The molecule has 1 aliphatic heterocycles. The molecule has 27 heavy (non-hydrogen) atoms. The number of likely N-dealkylation sites (N-methyl/N-ethyl adjacent to an activating group) is 1. The summed E-state index contributed by atoms with van der Waals surface area (Å²) in [6.07, 6.45) is 6.54. The van der Waals surface area contributed by atoms with Crippen LogP contribution in [0, 0.1) is 0 Å². The summed E-state index contributed by atoms with van der Waals surface area (Å²) < 4.78 is 11.7. The van der Waals surface area contributed by atoms with Crippen molar-refractivity contribution in [3.8, 4) is 11.5 Å². The summed E-state index contributed by atoms with van der Waals surface area (Å²) >= 11 is 1.75. The van der Waals surface area contributed by atoms with E-state index in [0.29, 0.717) is 24.0 Å². The number of hydrogen-bond acceptors (Lipinski definition) is 5. The minimum absolute atomic E-state index is 0.0222. The number of thioether (sulfide) groups is 1. The second-order valence-corrected chi connectivity index (χ2v) is 8.35. The van der Waals surface area contributed by atoms with Crippen molar-refractivity contribution in [3.63, 3.8) is 0 Å². The molecular weight excluding hydrogens is 360 g/mol. The van der Waals surface area contributed by atoms with Gasteiger partial charge in [-0.05, 0) is 37.1 Å². The van der Waals surface area contributed by atoms with Crippen LogP contribution in [0.1, 0.15) is 36.0 Å². The summed E-state index contributed by atoms with van der Waals surface area (Å²) in [6, 6.07) is 11.3. The monoisotopic (exact) mass is 384 g/mol. The maximum Gasteiger partial charge on any atom is 0.256 e. The van der Waals surface area contributed by atoms with E-state index in [1.54, 1.807) is 22.9 Å². The van der Waals surface area contributed by atoms with Gasteiger partial charge in [-0.25, -0.2) is 4.98 Å². The van der Waals surface area contributed by atoms with Crippen molar-refractivity contribution in [1.29, 1.82) is 0 Å². The Labute approximate surface area is 164 Å². The maximum absolute atomic E-state index is 13.0. The van der Waals surface area contributed by atoms with E-state index in [0.717, 1.165) is 16.5 Å². The molecule has 0 saturated heterocycles. The van der Waals surface area contributed by atoms with Gasteiger partial charge in [0.25, 0.3) is 5.91 Å². The molecule has 0 bridgehead atoms. The summed E-state index contributed by atoms with van der Waals surface area (Å²) in [7, 11) is 1.81. The standard InChI is InChI=1S/C21H24N2O3S/c1-23(13-15-14-25-18-10-4-5-11-19(18)26-15)21(24)17-9-6-12-22-20(17)27-16-7-2-3-8-16/h4-6,9-12,15-16H,2-3,7-8,13-14H2,1H3. The highest BCUT2D eigenvalue weighted by Crippen LogP contribution is 2.35. The normalized spacial score (nSPS) is 19.1. The van der Waals surface area contributed by atoms with Gasteiger partial charge in [0.2, 0.25) is 0 Å². The molecule has 2 aliphatic rings. The minimum Gasteiger partial charge on any atom is -0.486 e. The van der Waals surface area contributed by atoms with E-state index in [4.69, 9.17) is 9.47 Å². The van der Waals surface area contributed by atoms with E-state index in [-0.39, 0.29) is 12.0 Å². The lowest BCUT2D eigenvalue weighted by atomic mass is 10.2. The van der Waals surface area contributed by atoms with Crippen LogP contribution < -0.4 is 9.47 Å². The Morgan fingerprint density at radius 1 is 1.19 bits per heavy atom. The molecule has 1 aromatic heterocycles. The van der Waals surface area contributed by atoms with E-state index in [2.05, 4.69) is 4.98 Å². The second kappa shape index (κ2) is 8.21. The van der Waals surface area contributed by atoms with Crippen molar-refractivity contribution in [2.75, 3.05) is 20.2 Å². The number of aromatic nitrogens is 1. The van der Waals surface area contributed by atoms with Crippen LogP contribution in [0.15, 0.2) is 47.6 Å². The Morgan fingerprint density at radius 3 is 2.78 bits per heavy atom. The number of carbonyl (C=O) groups excluding carboxylic acids is 1. The molecule has 142 valence electrons. The van der Waals surface area contributed by atoms with Gasteiger partial charge >= 0.3 is 0 Å². The van der Waals surface area contributed by atoms with Crippen molar-refractivity contribution < 1.29 is 14.3 Å². The van der Waals surface area contributed by atoms with E-state index in [9.17, 15) is 4.79 Å². The molecule has 0 N–H and O–H groups in total. The van der Waals surface area contributed by atoms with Crippen LogP contribution in [0.2, 0.25) is 0 Å². The quantitative estimate of drug-likeness (QED) is 0.779. The largest absolute Gasteiger partial charge is 0.486 e. The van der Waals surface area contributed by atoms with Gasteiger partial charge in [0.05, 0.1) is 12.1 Å². The molecule has 0 spiro atoms. The number of amides is 1. The molecule has 1 fully saturated rings. The van der Waals surface area contributed by atoms with Crippen LogP contribution in [-0.2, 0) is 0 Å². The van der Waals surface area contributed by atoms with Crippen molar-refractivity contribution in [1.82, 2.24) is 9.88 Å². The van der Waals surface area contributed by atoms with Gasteiger partial charge in [-0.1, -0.05) is 25.0 Å². The molecule has 2 heterocycles. The number of pyridine rings is 1. The van der Waals surface area contributed by atoms with Crippen LogP contribution in [0.4, 0.5) is 0 Å². The van der Waals surface area contributed by atoms with Crippen molar-refractivity contribution in [2.24, 2.45) is 0 Å². The molecule has 1 atom stereocenters. The third-order valence-electron chi connectivity index (χ3n) is 4.97. The topological polar surface area (TPSA) is 51.7 Å². The molecule has 0 radical (unpaired) electrons. The molecule has 1 saturated carbocycles. The second-order valence-electron chi connectivity index (χ2n) is 7.06. The van der Waals surface area contributed by atoms with Crippen LogP contribution in [0.3, 0.4) is 0 Å². The number of ether oxygens (including phenoxy) is 2. The fraction of sp³-hybridized carbons (Fsp3) is 0.429. The van der Waals surface area contributed by atoms with E-state index in [1.807, 2.05) is 43.4 Å². The first kappa shape index (κ1) is 18.2. The van der Waals surface area contributed by atoms with Crippen molar-refractivity contribution >= 4 is 17.7 Å². The summed E-state index contributed by atoms with van der Waals surface area (Å²) in [5.41, 5.74) is 0.675. The van der Waals surface area contributed by atoms with Crippen LogP contribution in [0.25, 0.3) is 0 Å². The molecule has 1 aliphatic carbocycles. The zero-order valence-electron chi connectivity index (χ0n) is 15.5. The number of nitrogens with zero attached hydrogens (tertiary/aromatic N) is 2. The smallest absolute Gasteiger partial charge is 0.256 e. The van der Waals surface area contributed by atoms with Crippen LogP contribution >= 0.6 is 11.8 Å². The van der Waals surface area contributed by atoms with Gasteiger partial charge < -0.3 is 14.4 Å². The lowest BCUT2D eigenvalue weighted by Gasteiger charge is -2.29.